The van der Waals surface area contributed by atoms with Crippen molar-refractivity contribution in [1.82, 2.24) is 15.1 Å². The predicted octanol–water partition coefficient (Wildman–Crippen LogP) is 1.63. The summed E-state index contributed by atoms with van der Waals surface area (Å²) in [4.78, 5) is 2.05. The Balaban J connectivity index is 1.82. The van der Waals surface area contributed by atoms with Gasteiger partial charge in [0.15, 0.2) is 0 Å². The molecule has 0 aliphatic heterocycles. The highest BCUT2D eigenvalue weighted by Gasteiger charge is 2.15. The highest BCUT2D eigenvalue weighted by Crippen LogP contribution is 2.20. The van der Waals surface area contributed by atoms with Crippen LogP contribution in [-0.2, 0) is 13.6 Å². The van der Waals surface area contributed by atoms with Crippen molar-refractivity contribution in [2.45, 2.75) is 26.5 Å². The largest absolute Gasteiger partial charge is 0.491 e. The maximum absolute atomic E-state index is 10.1. The van der Waals surface area contributed by atoms with Gasteiger partial charge < -0.3 is 20.1 Å². The van der Waals surface area contributed by atoms with Crippen LogP contribution in [0.15, 0.2) is 24.3 Å². The zero-order chi connectivity index (χ0) is 17.7. The van der Waals surface area contributed by atoms with Crippen molar-refractivity contribution in [2.24, 2.45) is 7.05 Å². The van der Waals surface area contributed by atoms with Gasteiger partial charge in [-0.15, -0.1) is 0 Å². The number of ether oxygens (including phenoxy) is 1. The second-order valence-electron chi connectivity index (χ2n) is 6.32. The number of aryl methyl sites for hydroxylation is 3. The Hall–Kier alpha value is -2.05. The van der Waals surface area contributed by atoms with Crippen molar-refractivity contribution < 1.29 is 9.84 Å². The zero-order valence-corrected chi connectivity index (χ0v) is 15.2. The van der Waals surface area contributed by atoms with Gasteiger partial charge in [-0.2, -0.15) is 5.10 Å². The minimum absolute atomic E-state index is 0.267. The molecule has 24 heavy (non-hydrogen) atoms. The van der Waals surface area contributed by atoms with Crippen molar-refractivity contribution >= 4 is 5.82 Å². The molecule has 0 spiro atoms. The molecule has 2 aromatic rings. The summed E-state index contributed by atoms with van der Waals surface area (Å²) in [6.45, 7) is 5.41. The molecule has 0 amide bonds. The van der Waals surface area contributed by atoms with Crippen LogP contribution in [0.4, 0.5) is 5.82 Å². The van der Waals surface area contributed by atoms with Crippen LogP contribution < -0.4 is 15.0 Å². The van der Waals surface area contributed by atoms with E-state index < -0.39 is 6.10 Å². The molecule has 0 bridgehead atoms. The minimum atomic E-state index is -0.565. The molecule has 1 atom stereocenters. The summed E-state index contributed by atoms with van der Waals surface area (Å²) in [5.41, 5.74) is 3.29. The Labute approximate surface area is 144 Å². The van der Waals surface area contributed by atoms with Crippen LogP contribution in [0.2, 0.25) is 0 Å². The quantitative estimate of drug-likeness (QED) is 0.769. The molecule has 2 rings (SSSR count). The van der Waals surface area contributed by atoms with E-state index in [0.717, 1.165) is 28.4 Å². The van der Waals surface area contributed by atoms with E-state index in [2.05, 4.69) is 10.4 Å². The summed E-state index contributed by atoms with van der Waals surface area (Å²) in [5.74, 6) is 1.86. The fraction of sp³-hybridized carbons (Fsp3) is 0.500. The average molecular weight is 332 g/mol. The summed E-state index contributed by atoms with van der Waals surface area (Å²) in [6, 6.07) is 7.82. The Morgan fingerprint density at radius 2 is 2.08 bits per heavy atom. The summed E-state index contributed by atoms with van der Waals surface area (Å²) >= 11 is 0. The lowest BCUT2D eigenvalue weighted by Gasteiger charge is -2.17. The van der Waals surface area contributed by atoms with Crippen LogP contribution in [0.25, 0.3) is 0 Å². The molecular formula is C18H28N4O2. The molecule has 0 saturated carbocycles. The second kappa shape index (κ2) is 8.17. The van der Waals surface area contributed by atoms with E-state index in [1.807, 2.05) is 68.8 Å². The predicted molar refractivity (Wildman–Crippen MR) is 96.7 cm³/mol. The molecule has 0 fully saturated rings. The van der Waals surface area contributed by atoms with Crippen LogP contribution in [-0.4, -0.2) is 48.2 Å². The first-order valence-electron chi connectivity index (χ1n) is 8.16. The van der Waals surface area contributed by atoms with Gasteiger partial charge in [-0.05, 0) is 31.5 Å². The Bertz CT molecular complexity index is 667. The Kier molecular flexibility index (Phi) is 6.23. The first-order chi connectivity index (χ1) is 11.4. The van der Waals surface area contributed by atoms with Gasteiger partial charge in [-0.25, -0.2) is 0 Å². The van der Waals surface area contributed by atoms with Gasteiger partial charge in [0, 0.05) is 39.8 Å². The van der Waals surface area contributed by atoms with Crippen molar-refractivity contribution in [2.75, 3.05) is 32.1 Å². The number of aromatic nitrogens is 2. The molecule has 0 saturated heterocycles. The second-order valence-corrected chi connectivity index (χ2v) is 6.32. The van der Waals surface area contributed by atoms with E-state index in [0.29, 0.717) is 13.1 Å². The van der Waals surface area contributed by atoms with Gasteiger partial charge in [0.25, 0.3) is 0 Å². The first-order valence-corrected chi connectivity index (χ1v) is 8.16. The lowest BCUT2D eigenvalue weighted by atomic mass is 10.2. The highest BCUT2D eigenvalue weighted by molar-refractivity contribution is 5.48. The molecule has 0 aliphatic carbocycles. The van der Waals surface area contributed by atoms with Gasteiger partial charge in [0.2, 0.25) is 0 Å². The lowest BCUT2D eigenvalue weighted by molar-refractivity contribution is 0.106. The number of nitrogens with zero attached hydrogens (tertiary/aromatic N) is 3. The van der Waals surface area contributed by atoms with Crippen molar-refractivity contribution in [3.8, 4) is 5.75 Å². The van der Waals surface area contributed by atoms with Crippen LogP contribution in [0.3, 0.4) is 0 Å². The molecule has 0 unspecified atom stereocenters. The van der Waals surface area contributed by atoms with Crippen LogP contribution >= 0.6 is 0 Å². The molecule has 2 N–H and O–H groups in total. The molecule has 6 nitrogen and oxygen atoms in total. The number of aliphatic hydroxyl groups excluding tert-OH is 1. The summed E-state index contributed by atoms with van der Waals surface area (Å²) in [7, 11) is 5.95. The van der Waals surface area contributed by atoms with E-state index in [1.165, 1.54) is 0 Å². The molecular weight excluding hydrogens is 304 g/mol. The molecule has 1 aromatic carbocycles. The summed E-state index contributed by atoms with van der Waals surface area (Å²) in [6.07, 6.45) is -0.565. The zero-order valence-electron chi connectivity index (χ0n) is 15.2. The minimum Gasteiger partial charge on any atom is -0.491 e. The standard InChI is InChI=1S/C18H28N4O2/c1-13-7-6-8-16(9-13)24-12-15(23)10-19-11-17-14(2)20-22(5)18(17)21(3)4/h6-9,15,19,23H,10-12H2,1-5H3/t15-/m1/s1. The van der Waals surface area contributed by atoms with Crippen molar-refractivity contribution in [3.05, 3.63) is 41.1 Å². The molecule has 1 heterocycles. The number of aliphatic hydroxyl groups is 1. The SMILES string of the molecule is Cc1cccc(OC[C@H](O)CNCc2c(C)nn(C)c2N(C)C)c1. The number of benzene rings is 1. The third kappa shape index (κ3) is 4.72. The molecule has 0 radical (unpaired) electrons. The van der Waals surface area contributed by atoms with Crippen molar-refractivity contribution in [3.63, 3.8) is 0 Å². The third-order valence-corrected chi connectivity index (χ3v) is 3.85. The molecule has 0 aliphatic rings. The van der Waals surface area contributed by atoms with E-state index in [-0.39, 0.29) is 6.61 Å². The Morgan fingerprint density at radius 3 is 2.75 bits per heavy atom. The van der Waals surface area contributed by atoms with Gasteiger partial charge in [0.05, 0.1) is 5.69 Å². The number of hydrogen-bond acceptors (Lipinski definition) is 5. The maximum atomic E-state index is 10.1. The van der Waals surface area contributed by atoms with Gasteiger partial charge >= 0.3 is 0 Å². The smallest absolute Gasteiger partial charge is 0.130 e. The maximum Gasteiger partial charge on any atom is 0.130 e. The molecule has 1 aromatic heterocycles. The van der Waals surface area contributed by atoms with E-state index in [4.69, 9.17) is 4.74 Å². The summed E-state index contributed by atoms with van der Waals surface area (Å²) in [5, 5.41) is 17.8. The monoisotopic (exact) mass is 332 g/mol. The first kappa shape index (κ1) is 18.3. The topological polar surface area (TPSA) is 62.6 Å². The van der Waals surface area contributed by atoms with E-state index >= 15 is 0 Å². The number of nitrogens with one attached hydrogen (secondary N) is 1. The van der Waals surface area contributed by atoms with Crippen LogP contribution in [0, 0.1) is 13.8 Å². The van der Waals surface area contributed by atoms with E-state index in [1.54, 1.807) is 0 Å². The number of hydrogen-bond donors (Lipinski definition) is 2. The van der Waals surface area contributed by atoms with Crippen LogP contribution in [0.1, 0.15) is 16.8 Å². The fourth-order valence-corrected chi connectivity index (χ4v) is 2.78. The molecule has 132 valence electrons. The fourth-order valence-electron chi connectivity index (χ4n) is 2.78. The van der Waals surface area contributed by atoms with Gasteiger partial charge in [-0.1, -0.05) is 12.1 Å². The normalized spacial score (nSPS) is 12.2. The average Bonchev–Trinajstić information content (AvgIpc) is 2.79. The van der Waals surface area contributed by atoms with Crippen molar-refractivity contribution in [1.29, 1.82) is 0 Å². The third-order valence-electron chi connectivity index (χ3n) is 3.85. The highest BCUT2D eigenvalue weighted by atomic mass is 16.5. The summed E-state index contributed by atoms with van der Waals surface area (Å²) < 4.78 is 7.51. The molecule has 6 heteroatoms. The lowest BCUT2D eigenvalue weighted by Crippen LogP contribution is -2.31. The number of rotatable bonds is 8. The van der Waals surface area contributed by atoms with Gasteiger partial charge in [-0.3, -0.25) is 4.68 Å². The number of anilines is 1. The Morgan fingerprint density at radius 1 is 1.33 bits per heavy atom. The van der Waals surface area contributed by atoms with Gasteiger partial charge in [0.1, 0.15) is 24.3 Å². The van der Waals surface area contributed by atoms with Crippen LogP contribution in [0.5, 0.6) is 5.75 Å². The van der Waals surface area contributed by atoms with E-state index in [9.17, 15) is 5.11 Å².